The Kier molecular flexibility index (Phi) is 6.45. The molecule has 3 aromatic rings. The molecule has 0 aliphatic heterocycles. The van der Waals surface area contributed by atoms with Crippen LogP contribution in [0.1, 0.15) is 45.2 Å². The molecule has 0 amide bonds. The molecule has 0 aliphatic carbocycles. The second kappa shape index (κ2) is 9.22. The van der Waals surface area contributed by atoms with Gasteiger partial charge in [-0.1, -0.05) is 13.0 Å². The van der Waals surface area contributed by atoms with E-state index in [0.717, 1.165) is 16.2 Å². The molecule has 0 saturated heterocycles. The maximum absolute atomic E-state index is 13.7. The zero-order chi connectivity index (χ0) is 23.4. The second-order valence-corrected chi connectivity index (χ2v) is 7.17. The van der Waals surface area contributed by atoms with Crippen LogP contribution in [0.3, 0.4) is 0 Å². The molecule has 0 spiro atoms. The first-order valence-electron chi connectivity index (χ1n) is 9.74. The number of allylic oxidation sites excluding steroid dienone is 1. The van der Waals surface area contributed by atoms with Crippen molar-refractivity contribution >= 4 is 17.7 Å². The average Bonchev–Trinajstić information content (AvgIpc) is 2.72. The molecular weight excluding hydrogens is 413 g/mol. The highest BCUT2D eigenvalue weighted by Crippen LogP contribution is 2.18. The molecule has 3 N–H and O–H groups in total. The molecule has 0 aliphatic rings. The smallest absolute Gasteiger partial charge is 0.329 e. The first-order valence-corrected chi connectivity index (χ1v) is 9.74. The number of nitriles is 1. The summed E-state index contributed by atoms with van der Waals surface area (Å²) in [7, 11) is 0. The summed E-state index contributed by atoms with van der Waals surface area (Å²) in [6.07, 6.45) is 3.03. The van der Waals surface area contributed by atoms with Gasteiger partial charge < -0.3 is 5.73 Å². The normalized spacial score (nSPS) is 10.9. The van der Waals surface area contributed by atoms with E-state index in [1.165, 1.54) is 12.1 Å². The van der Waals surface area contributed by atoms with Gasteiger partial charge in [-0.05, 0) is 60.4 Å². The summed E-state index contributed by atoms with van der Waals surface area (Å²) in [6, 6.07) is 9.37. The molecule has 0 fully saturated rings. The highest BCUT2D eigenvalue weighted by molar-refractivity contribution is 6.09. The van der Waals surface area contributed by atoms with Gasteiger partial charge >= 0.3 is 5.69 Å². The molecule has 8 nitrogen and oxygen atoms in total. The Bertz CT molecular complexity index is 1380. The molecule has 1 aromatic carbocycles. The van der Waals surface area contributed by atoms with E-state index in [-0.39, 0.29) is 35.6 Å². The van der Waals surface area contributed by atoms with E-state index in [2.05, 4.69) is 9.97 Å². The Labute approximate surface area is 182 Å². The van der Waals surface area contributed by atoms with Crippen LogP contribution in [0.2, 0.25) is 0 Å². The van der Waals surface area contributed by atoms with Crippen LogP contribution < -0.4 is 17.0 Å². The first-order chi connectivity index (χ1) is 15.2. The zero-order valence-electron chi connectivity index (χ0n) is 17.5. The topological polar surface area (TPSA) is 135 Å². The molecule has 0 bridgehead atoms. The molecule has 3 rings (SSSR count). The van der Waals surface area contributed by atoms with E-state index < -0.39 is 23.0 Å². The highest BCUT2D eigenvalue weighted by Gasteiger charge is 2.22. The van der Waals surface area contributed by atoms with Crippen LogP contribution in [-0.2, 0) is 13.0 Å². The lowest BCUT2D eigenvalue weighted by atomic mass is 9.98. The number of aromatic nitrogens is 3. The number of nitrogens with one attached hydrogen (secondary N) is 1. The van der Waals surface area contributed by atoms with E-state index in [0.29, 0.717) is 11.1 Å². The summed E-state index contributed by atoms with van der Waals surface area (Å²) < 4.78 is 14.8. The van der Waals surface area contributed by atoms with Gasteiger partial charge in [0, 0.05) is 17.2 Å². The summed E-state index contributed by atoms with van der Waals surface area (Å²) in [6.45, 7) is 3.28. The van der Waals surface area contributed by atoms with Gasteiger partial charge in [-0.3, -0.25) is 19.1 Å². The van der Waals surface area contributed by atoms with Crippen molar-refractivity contribution in [2.45, 2.75) is 26.8 Å². The largest absolute Gasteiger partial charge is 0.384 e. The second-order valence-electron chi connectivity index (χ2n) is 7.17. The number of ketones is 1. The number of carbonyl (C=O) groups excluding carboxylic acids is 1. The van der Waals surface area contributed by atoms with Crippen LogP contribution in [0.4, 0.5) is 10.2 Å². The minimum Gasteiger partial charge on any atom is -0.384 e. The minimum atomic E-state index is -0.825. The van der Waals surface area contributed by atoms with Crippen LogP contribution >= 0.6 is 0 Å². The van der Waals surface area contributed by atoms with Crippen molar-refractivity contribution in [1.29, 1.82) is 5.26 Å². The van der Waals surface area contributed by atoms with Crippen molar-refractivity contribution in [3.63, 3.8) is 0 Å². The Morgan fingerprint density at radius 1 is 1.28 bits per heavy atom. The number of anilines is 1. The number of aryl methyl sites for hydroxylation is 1. The Morgan fingerprint density at radius 3 is 2.69 bits per heavy atom. The molecule has 9 heteroatoms. The maximum atomic E-state index is 13.7. The van der Waals surface area contributed by atoms with Gasteiger partial charge in [-0.15, -0.1) is 0 Å². The van der Waals surface area contributed by atoms with Crippen molar-refractivity contribution < 1.29 is 9.18 Å². The van der Waals surface area contributed by atoms with Crippen LogP contribution in [0.25, 0.3) is 6.08 Å². The standard InChI is InChI=1S/C23H20FN5O3/c1-3-17-20(21(30)16-8-13(2)7-14(9-16)5-4-6-25)29(23(32)28-22(17)31)12-15-10-18(24)27-19(26)11-15/h4-5,7-11H,3,12H2,1-2H3,(H2,26,27)(H,28,31,32). The molecule has 0 saturated carbocycles. The van der Waals surface area contributed by atoms with Crippen LogP contribution in [0.5, 0.6) is 0 Å². The molecule has 2 heterocycles. The van der Waals surface area contributed by atoms with Crippen molar-refractivity contribution in [2.24, 2.45) is 0 Å². The lowest BCUT2D eigenvalue weighted by molar-refractivity contribution is 0.102. The van der Waals surface area contributed by atoms with Crippen molar-refractivity contribution in [3.8, 4) is 6.07 Å². The number of hydrogen-bond donors (Lipinski definition) is 2. The fourth-order valence-corrected chi connectivity index (χ4v) is 3.51. The van der Waals surface area contributed by atoms with Gasteiger partial charge in [0.25, 0.3) is 5.56 Å². The fraction of sp³-hybridized carbons (Fsp3) is 0.174. The average molecular weight is 433 g/mol. The Morgan fingerprint density at radius 2 is 2.03 bits per heavy atom. The number of halogens is 1. The number of aromatic amines is 1. The maximum Gasteiger partial charge on any atom is 0.329 e. The lowest BCUT2D eigenvalue weighted by Crippen LogP contribution is -2.37. The molecule has 0 radical (unpaired) electrons. The van der Waals surface area contributed by atoms with Crippen molar-refractivity contribution in [3.05, 3.63) is 96.7 Å². The Balaban J connectivity index is 2.23. The monoisotopic (exact) mass is 433 g/mol. The van der Waals surface area contributed by atoms with Crippen LogP contribution in [0.15, 0.2) is 46.0 Å². The summed E-state index contributed by atoms with van der Waals surface area (Å²) in [5.74, 6) is -1.44. The number of nitrogens with two attached hydrogens (primary N) is 1. The quantitative estimate of drug-likeness (QED) is 0.348. The number of nitrogens with zero attached hydrogens (tertiary/aromatic N) is 3. The third-order valence-electron chi connectivity index (χ3n) is 4.79. The third kappa shape index (κ3) is 4.70. The van der Waals surface area contributed by atoms with E-state index in [1.807, 2.05) is 6.07 Å². The van der Waals surface area contributed by atoms with E-state index >= 15 is 0 Å². The van der Waals surface area contributed by atoms with Gasteiger partial charge in [0.2, 0.25) is 11.7 Å². The summed E-state index contributed by atoms with van der Waals surface area (Å²) in [5.41, 5.74) is 6.12. The van der Waals surface area contributed by atoms with Crippen LogP contribution in [0, 0.1) is 24.2 Å². The number of hydrogen-bond acceptors (Lipinski definition) is 6. The van der Waals surface area contributed by atoms with E-state index in [4.69, 9.17) is 11.0 Å². The van der Waals surface area contributed by atoms with Crippen molar-refractivity contribution in [2.75, 3.05) is 5.73 Å². The third-order valence-corrected chi connectivity index (χ3v) is 4.79. The van der Waals surface area contributed by atoms with Gasteiger partial charge in [0.05, 0.1) is 12.6 Å². The number of pyridine rings is 1. The van der Waals surface area contributed by atoms with Gasteiger partial charge in [0.1, 0.15) is 11.5 Å². The molecule has 2 aromatic heterocycles. The van der Waals surface area contributed by atoms with Crippen LogP contribution in [-0.4, -0.2) is 20.3 Å². The SMILES string of the molecule is CCc1c(C(=O)c2cc(C)cc(C=CC#N)c2)n(Cc2cc(N)nc(F)c2)c(=O)[nH]c1=O. The molecular formula is C23H20FN5O3. The number of carbonyl (C=O) groups is 1. The van der Waals surface area contributed by atoms with E-state index in [1.54, 1.807) is 38.1 Å². The lowest BCUT2D eigenvalue weighted by Gasteiger charge is -2.16. The predicted octanol–water partition coefficient (Wildman–Crippen LogP) is 2.34. The molecule has 32 heavy (non-hydrogen) atoms. The number of rotatable bonds is 6. The summed E-state index contributed by atoms with van der Waals surface area (Å²) >= 11 is 0. The molecule has 162 valence electrons. The minimum absolute atomic E-state index is 0.0753. The van der Waals surface area contributed by atoms with Gasteiger partial charge in [0.15, 0.2) is 0 Å². The van der Waals surface area contributed by atoms with Gasteiger partial charge in [-0.25, -0.2) is 9.78 Å². The number of nitrogen functional groups attached to an aromatic ring is 1. The summed E-state index contributed by atoms with van der Waals surface area (Å²) in [4.78, 5) is 44.4. The van der Waals surface area contributed by atoms with Gasteiger partial charge in [-0.2, -0.15) is 9.65 Å². The predicted molar refractivity (Wildman–Crippen MR) is 118 cm³/mol. The van der Waals surface area contributed by atoms with Crippen molar-refractivity contribution in [1.82, 2.24) is 14.5 Å². The number of benzene rings is 1. The fourth-order valence-electron chi connectivity index (χ4n) is 3.51. The molecule has 0 unspecified atom stereocenters. The number of H-pyrrole nitrogens is 1. The first kappa shape index (κ1) is 22.4. The Hall–Kier alpha value is -4.32. The molecule has 0 atom stereocenters. The highest BCUT2D eigenvalue weighted by atomic mass is 19.1. The van der Waals surface area contributed by atoms with E-state index in [9.17, 15) is 18.8 Å². The summed E-state index contributed by atoms with van der Waals surface area (Å²) in [5, 5.41) is 8.78. The zero-order valence-corrected chi connectivity index (χ0v) is 17.5.